The number of fused-ring (bicyclic) bond motifs is 3. The van der Waals surface area contributed by atoms with Crippen molar-refractivity contribution in [2.45, 2.75) is 87.2 Å². The minimum atomic E-state index is -3.61. The van der Waals surface area contributed by atoms with Gasteiger partial charge in [-0.15, -0.1) is 0 Å². The third-order valence-electron chi connectivity index (χ3n) is 9.11. The number of hydrogen-bond donors (Lipinski definition) is 4. The average Bonchev–Trinajstić information content (AvgIpc) is 3.41. The van der Waals surface area contributed by atoms with Crippen molar-refractivity contribution >= 4 is 32.6 Å². The van der Waals surface area contributed by atoms with Crippen LogP contribution in [0, 0.1) is 0 Å². The Hall–Kier alpha value is -2.94. The van der Waals surface area contributed by atoms with Gasteiger partial charge in [0.2, 0.25) is 10.0 Å². The molecule has 0 aromatic carbocycles. The van der Waals surface area contributed by atoms with Gasteiger partial charge in [0, 0.05) is 67.6 Å². The highest BCUT2D eigenvalue weighted by Crippen LogP contribution is 2.39. The summed E-state index contributed by atoms with van der Waals surface area (Å²) in [6.45, 7) is 6.26. The predicted molar refractivity (Wildman–Crippen MR) is 165 cm³/mol. The van der Waals surface area contributed by atoms with Crippen LogP contribution in [0.15, 0.2) is 47.6 Å². The third kappa shape index (κ3) is 6.19. The summed E-state index contributed by atoms with van der Waals surface area (Å²) >= 11 is 0. The monoisotopic (exact) mass is 607 g/mol. The fourth-order valence-electron chi connectivity index (χ4n) is 7.08. The number of morpholine rings is 1. The van der Waals surface area contributed by atoms with E-state index >= 15 is 0 Å². The minimum absolute atomic E-state index is 0.0590. The fourth-order valence-corrected chi connectivity index (χ4v) is 8.94. The minimum Gasteiger partial charge on any atom is -0.379 e. The second-order valence-corrected chi connectivity index (χ2v) is 14.2. The van der Waals surface area contributed by atoms with E-state index in [1.165, 1.54) is 6.20 Å². The third-order valence-corrected chi connectivity index (χ3v) is 11.1. The van der Waals surface area contributed by atoms with E-state index in [2.05, 4.69) is 50.4 Å². The molecule has 0 radical (unpaired) electrons. The van der Waals surface area contributed by atoms with Crippen LogP contribution in [0.1, 0.15) is 51.1 Å². The first-order chi connectivity index (χ1) is 20.9. The normalized spacial score (nSPS) is 28.6. The van der Waals surface area contributed by atoms with Gasteiger partial charge in [0.1, 0.15) is 16.5 Å². The summed E-state index contributed by atoms with van der Waals surface area (Å²) in [4.78, 5) is 16.8. The molecule has 7 heterocycles. The molecule has 3 unspecified atom stereocenters. The number of aromatic nitrogens is 3. The molecule has 230 valence electrons. The van der Waals surface area contributed by atoms with E-state index in [4.69, 9.17) is 14.7 Å². The molecule has 4 fully saturated rings. The smallest absolute Gasteiger partial charge is 0.245 e. The van der Waals surface area contributed by atoms with Crippen molar-refractivity contribution < 1.29 is 13.2 Å². The Bertz CT molecular complexity index is 1520. The molecule has 43 heavy (non-hydrogen) atoms. The maximum atomic E-state index is 13.7. The zero-order chi connectivity index (χ0) is 29.4. The predicted octanol–water partition coefficient (Wildman–Crippen LogP) is 2.67. The molecule has 3 aromatic rings. The number of nitrogens with one attached hydrogen (secondary N) is 4. The van der Waals surface area contributed by atoms with Gasteiger partial charge in [-0.2, -0.15) is 4.31 Å². The van der Waals surface area contributed by atoms with E-state index in [0.29, 0.717) is 6.04 Å². The van der Waals surface area contributed by atoms with Crippen molar-refractivity contribution in [3.05, 3.63) is 48.4 Å². The van der Waals surface area contributed by atoms with Crippen LogP contribution in [0.2, 0.25) is 0 Å². The summed E-state index contributed by atoms with van der Waals surface area (Å²) in [6, 6.07) is 9.93. The van der Waals surface area contributed by atoms with Crippen LogP contribution in [0.4, 0.5) is 11.6 Å². The molecule has 0 amide bonds. The van der Waals surface area contributed by atoms with Crippen molar-refractivity contribution in [2.75, 3.05) is 36.9 Å². The number of rotatable bonds is 8. The summed E-state index contributed by atoms with van der Waals surface area (Å²) < 4.78 is 34.6. The highest BCUT2D eigenvalue weighted by molar-refractivity contribution is 7.89. The molecule has 12 nitrogen and oxygen atoms in total. The Balaban J connectivity index is 1.15. The maximum Gasteiger partial charge on any atom is 0.245 e. The summed E-state index contributed by atoms with van der Waals surface area (Å²) in [5.74, 6) is 1.55. The van der Waals surface area contributed by atoms with E-state index in [0.717, 1.165) is 99.6 Å². The molecule has 4 N–H and O–H groups in total. The Kier molecular flexibility index (Phi) is 8.18. The van der Waals surface area contributed by atoms with Gasteiger partial charge in [-0.3, -0.25) is 20.3 Å². The molecule has 7 rings (SSSR count). The van der Waals surface area contributed by atoms with Crippen LogP contribution in [-0.4, -0.2) is 89.2 Å². The van der Waals surface area contributed by atoms with Gasteiger partial charge in [0.25, 0.3) is 0 Å². The number of nitrogens with zero attached hydrogens (tertiary/aromatic N) is 5. The molecule has 3 aromatic heterocycles. The van der Waals surface area contributed by atoms with E-state index in [-0.39, 0.29) is 29.2 Å². The number of hydrazine groups is 1. The van der Waals surface area contributed by atoms with Gasteiger partial charge >= 0.3 is 0 Å². The van der Waals surface area contributed by atoms with E-state index in [1.807, 2.05) is 6.07 Å². The molecule has 4 saturated heterocycles. The first-order valence-electron chi connectivity index (χ1n) is 15.5. The van der Waals surface area contributed by atoms with Crippen LogP contribution in [0.5, 0.6) is 0 Å². The second kappa shape index (κ2) is 12.2. The Morgan fingerprint density at radius 3 is 2.56 bits per heavy atom. The molecule has 0 aliphatic carbocycles. The van der Waals surface area contributed by atoms with Gasteiger partial charge in [-0.05, 0) is 63.3 Å². The number of pyridine rings is 3. The van der Waals surface area contributed by atoms with Gasteiger partial charge < -0.3 is 15.4 Å². The lowest BCUT2D eigenvalue weighted by Gasteiger charge is -2.47. The molecule has 5 atom stereocenters. The average molecular weight is 608 g/mol. The highest BCUT2D eigenvalue weighted by Gasteiger charge is 2.45. The fraction of sp³-hybridized carbons (Fsp3) is 0.567. The van der Waals surface area contributed by atoms with E-state index in [9.17, 15) is 8.42 Å². The van der Waals surface area contributed by atoms with Crippen molar-refractivity contribution in [3.8, 4) is 0 Å². The van der Waals surface area contributed by atoms with Gasteiger partial charge in [0.15, 0.2) is 0 Å². The Morgan fingerprint density at radius 2 is 1.84 bits per heavy atom. The molecule has 4 aliphatic rings. The van der Waals surface area contributed by atoms with Crippen LogP contribution in [0.25, 0.3) is 10.9 Å². The van der Waals surface area contributed by atoms with Crippen LogP contribution in [0.3, 0.4) is 0 Å². The molecular weight excluding hydrogens is 566 g/mol. The van der Waals surface area contributed by atoms with Crippen LogP contribution < -0.4 is 21.5 Å². The highest BCUT2D eigenvalue weighted by atomic mass is 32.2. The lowest BCUT2D eigenvalue weighted by Crippen LogP contribution is -2.56. The van der Waals surface area contributed by atoms with Crippen molar-refractivity contribution in [1.82, 2.24) is 35.0 Å². The summed E-state index contributed by atoms with van der Waals surface area (Å²) in [7, 11) is -3.61. The number of sulfonamides is 1. The van der Waals surface area contributed by atoms with Gasteiger partial charge in [-0.25, -0.2) is 18.8 Å². The van der Waals surface area contributed by atoms with Crippen LogP contribution >= 0.6 is 0 Å². The molecule has 2 bridgehead atoms. The number of anilines is 2. The Labute approximate surface area is 253 Å². The first-order valence-corrected chi connectivity index (χ1v) is 16.9. The lowest BCUT2D eigenvalue weighted by molar-refractivity contribution is 0.0337. The summed E-state index contributed by atoms with van der Waals surface area (Å²) in [6.07, 6.45) is 8.26. The zero-order valence-electron chi connectivity index (χ0n) is 24.6. The molecule has 0 saturated carbocycles. The van der Waals surface area contributed by atoms with Crippen molar-refractivity contribution in [2.24, 2.45) is 0 Å². The van der Waals surface area contributed by atoms with Crippen LogP contribution in [-0.2, 0) is 21.3 Å². The lowest BCUT2D eigenvalue weighted by atomic mass is 9.84. The topological polar surface area (TPSA) is 137 Å². The molecule has 13 heteroatoms. The van der Waals surface area contributed by atoms with Crippen molar-refractivity contribution in [1.29, 1.82) is 0 Å². The molecule has 4 aliphatic heterocycles. The number of ether oxygens (including phenoxy) is 1. The largest absolute Gasteiger partial charge is 0.379 e. The van der Waals surface area contributed by atoms with E-state index < -0.39 is 10.0 Å². The van der Waals surface area contributed by atoms with Crippen molar-refractivity contribution in [3.63, 3.8) is 0 Å². The Morgan fingerprint density at radius 1 is 1.02 bits per heavy atom. The standard InChI is InChI=1S/C30H41N9O3S/c1-20-14-29(37-36-20)34-28-17-27-26(8-7-21(32-27)19-38-10-12-42-13-11-38)30(35-28)33-22-15-23-4-2-5-24(16-22)39(23)43(40,41)25-6-3-9-31-18-25/h3,6-9,17-18,20,22-24,29,36-37H,2,4-5,10-16,19H2,1H3,(H2,33,34,35)/t20?,22?,23-,24+,29?. The second-order valence-electron chi connectivity index (χ2n) is 12.3. The van der Waals surface area contributed by atoms with E-state index in [1.54, 1.807) is 22.6 Å². The summed E-state index contributed by atoms with van der Waals surface area (Å²) in [5.41, 5.74) is 8.48. The molecule has 0 spiro atoms. The summed E-state index contributed by atoms with van der Waals surface area (Å²) in [5, 5.41) is 8.26. The number of piperidine rings is 2. The first kappa shape index (κ1) is 28.8. The SMILES string of the molecule is CC1CC(Nc2cc3nc(CN4CCOCC4)ccc3c(NC3C[C@H]4CCC[C@@H](C3)N4S(=O)(=O)c3cccnc3)n2)NN1. The quantitative estimate of drug-likeness (QED) is 0.301. The van der Waals surface area contributed by atoms with Gasteiger partial charge in [-0.1, -0.05) is 6.42 Å². The van der Waals surface area contributed by atoms with Gasteiger partial charge in [0.05, 0.1) is 30.6 Å². The zero-order valence-corrected chi connectivity index (χ0v) is 25.4. The molecular formula is C30H41N9O3S. The maximum absolute atomic E-state index is 13.7. The number of hydrogen-bond acceptors (Lipinski definition) is 11.